The van der Waals surface area contributed by atoms with Gasteiger partial charge in [0, 0.05) is 13.7 Å². The molecular formula is C7H9F7O2. The minimum absolute atomic E-state index is 0.0896. The number of hydrogen-bond donors (Lipinski definition) is 0. The van der Waals surface area contributed by atoms with Crippen LogP contribution in [-0.2, 0) is 9.47 Å². The minimum Gasteiger partial charge on any atom is -0.385 e. The van der Waals surface area contributed by atoms with Gasteiger partial charge in [0.1, 0.15) is 0 Å². The van der Waals surface area contributed by atoms with E-state index >= 15 is 0 Å². The Kier molecular flexibility index (Phi) is 4.99. The van der Waals surface area contributed by atoms with E-state index in [1.807, 2.05) is 0 Å². The minimum atomic E-state index is -6.36. The third-order valence-electron chi connectivity index (χ3n) is 1.50. The molecule has 0 bridgehead atoms. The van der Waals surface area contributed by atoms with Crippen molar-refractivity contribution in [1.82, 2.24) is 0 Å². The van der Waals surface area contributed by atoms with E-state index in [9.17, 15) is 30.7 Å². The Labute approximate surface area is 86.3 Å². The molecule has 0 saturated heterocycles. The van der Waals surface area contributed by atoms with Gasteiger partial charge in [-0.25, -0.2) is 0 Å². The van der Waals surface area contributed by atoms with Crippen LogP contribution in [0.5, 0.6) is 0 Å². The first-order chi connectivity index (χ1) is 7.06. The van der Waals surface area contributed by atoms with Crippen molar-refractivity contribution < 1.29 is 40.2 Å². The molecule has 0 rings (SSSR count). The van der Waals surface area contributed by atoms with Crippen molar-refractivity contribution in [3.05, 3.63) is 0 Å². The molecule has 0 heterocycles. The Bertz CT molecular complexity index is 213. The van der Waals surface area contributed by atoms with Gasteiger partial charge in [0.05, 0.1) is 6.61 Å². The second-order valence-corrected chi connectivity index (χ2v) is 2.78. The predicted molar refractivity (Wildman–Crippen MR) is 38.4 cm³/mol. The molecule has 2 nitrogen and oxygen atoms in total. The quantitative estimate of drug-likeness (QED) is 0.538. The molecule has 16 heavy (non-hydrogen) atoms. The first-order valence-corrected chi connectivity index (χ1v) is 4.01. The molecule has 0 aliphatic rings. The summed E-state index contributed by atoms with van der Waals surface area (Å²) in [5.74, 6) is -6.22. The van der Waals surface area contributed by atoms with Crippen LogP contribution >= 0.6 is 0 Å². The molecule has 0 aromatic carbocycles. The lowest BCUT2D eigenvalue weighted by atomic mass is 10.3. The highest BCUT2D eigenvalue weighted by Crippen LogP contribution is 2.46. The van der Waals surface area contributed by atoms with Crippen LogP contribution in [0.1, 0.15) is 6.42 Å². The number of methoxy groups -OCH3 is 1. The highest BCUT2D eigenvalue weighted by atomic mass is 19.4. The van der Waals surface area contributed by atoms with Gasteiger partial charge in [-0.05, 0) is 6.42 Å². The Hall–Kier alpha value is -0.570. The normalized spacial score (nSPS) is 14.2. The van der Waals surface area contributed by atoms with Gasteiger partial charge in [-0.2, -0.15) is 30.7 Å². The molecule has 0 radical (unpaired) electrons. The lowest BCUT2D eigenvalue weighted by molar-refractivity contribution is -0.424. The summed E-state index contributed by atoms with van der Waals surface area (Å²) in [4.78, 5) is 0. The molecule has 0 aliphatic carbocycles. The summed E-state index contributed by atoms with van der Waals surface area (Å²) >= 11 is 0. The molecule has 0 aromatic rings. The van der Waals surface area contributed by atoms with Crippen LogP contribution in [0.15, 0.2) is 0 Å². The highest BCUT2D eigenvalue weighted by Gasteiger charge is 2.74. The number of halogens is 7. The van der Waals surface area contributed by atoms with Gasteiger partial charge in [-0.3, -0.25) is 0 Å². The molecule has 0 amide bonds. The maximum absolute atomic E-state index is 12.4. The standard InChI is InChI=1S/C7H9F7O2/c1-15-3-2-4-16-7(13,14)5(8,9)6(10,11)12/h2-4H2,1H3. The Morgan fingerprint density at radius 2 is 1.38 bits per heavy atom. The smallest absolute Gasteiger partial charge is 0.385 e. The van der Waals surface area contributed by atoms with Crippen molar-refractivity contribution in [2.45, 2.75) is 24.6 Å². The van der Waals surface area contributed by atoms with Crippen LogP contribution in [0.3, 0.4) is 0 Å². The third kappa shape index (κ3) is 3.48. The van der Waals surface area contributed by atoms with E-state index in [0.29, 0.717) is 0 Å². The van der Waals surface area contributed by atoms with Crippen molar-refractivity contribution in [3.8, 4) is 0 Å². The van der Waals surface area contributed by atoms with Gasteiger partial charge < -0.3 is 9.47 Å². The summed E-state index contributed by atoms with van der Waals surface area (Å²) in [7, 11) is 1.21. The molecule has 9 heteroatoms. The summed E-state index contributed by atoms with van der Waals surface area (Å²) in [5.41, 5.74) is 0. The lowest BCUT2D eigenvalue weighted by Crippen LogP contribution is -2.53. The van der Waals surface area contributed by atoms with E-state index < -0.39 is 24.8 Å². The maximum atomic E-state index is 12.4. The third-order valence-corrected chi connectivity index (χ3v) is 1.50. The fourth-order valence-electron chi connectivity index (χ4n) is 0.659. The Balaban J connectivity index is 4.41. The number of alkyl halides is 7. The molecule has 0 unspecified atom stereocenters. The van der Waals surface area contributed by atoms with Gasteiger partial charge in [-0.1, -0.05) is 0 Å². The van der Waals surface area contributed by atoms with E-state index in [1.54, 1.807) is 0 Å². The predicted octanol–water partition coefficient (Wildman–Crippen LogP) is 2.83. The summed E-state index contributed by atoms with van der Waals surface area (Å²) in [6, 6.07) is 0. The number of rotatable bonds is 6. The zero-order valence-corrected chi connectivity index (χ0v) is 8.08. The topological polar surface area (TPSA) is 18.5 Å². The molecular weight excluding hydrogens is 249 g/mol. The van der Waals surface area contributed by atoms with Crippen molar-refractivity contribution in [3.63, 3.8) is 0 Å². The molecule has 0 atom stereocenters. The Morgan fingerprint density at radius 3 is 1.75 bits per heavy atom. The van der Waals surface area contributed by atoms with Crippen LogP contribution in [-0.4, -0.2) is 38.5 Å². The Morgan fingerprint density at radius 1 is 0.875 bits per heavy atom. The molecule has 0 fully saturated rings. The van der Waals surface area contributed by atoms with E-state index in [1.165, 1.54) is 7.11 Å². The van der Waals surface area contributed by atoms with Crippen LogP contribution in [0, 0.1) is 0 Å². The van der Waals surface area contributed by atoms with Gasteiger partial charge >= 0.3 is 18.2 Å². The monoisotopic (exact) mass is 258 g/mol. The summed E-state index contributed by atoms with van der Waals surface area (Å²) in [6.45, 7) is -1.06. The van der Waals surface area contributed by atoms with E-state index in [0.717, 1.165) is 0 Å². The van der Waals surface area contributed by atoms with Gasteiger partial charge in [0.15, 0.2) is 0 Å². The summed E-state index contributed by atoms with van der Waals surface area (Å²) in [6.07, 6.45) is -12.2. The average Bonchev–Trinajstić information content (AvgIpc) is 2.10. The van der Waals surface area contributed by atoms with Crippen LogP contribution in [0.2, 0.25) is 0 Å². The van der Waals surface area contributed by atoms with Crippen molar-refractivity contribution in [1.29, 1.82) is 0 Å². The SMILES string of the molecule is COCCCOC(F)(F)C(F)(F)C(F)(F)F. The molecule has 98 valence electrons. The van der Waals surface area contributed by atoms with Crippen LogP contribution < -0.4 is 0 Å². The highest BCUT2D eigenvalue weighted by molar-refractivity contribution is 4.84. The fraction of sp³-hybridized carbons (Fsp3) is 1.00. The molecule has 0 N–H and O–H groups in total. The average molecular weight is 258 g/mol. The number of ether oxygens (including phenoxy) is 2. The fourth-order valence-corrected chi connectivity index (χ4v) is 0.659. The lowest BCUT2D eigenvalue weighted by Gasteiger charge is -2.27. The first kappa shape index (κ1) is 15.4. The van der Waals surface area contributed by atoms with E-state index in [4.69, 9.17) is 0 Å². The molecule has 0 aliphatic heterocycles. The zero-order valence-electron chi connectivity index (χ0n) is 8.08. The summed E-state index contributed by atoms with van der Waals surface area (Å²) < 4.78 is 91.5. The van der Waals surface area contributed by atoms with Crippen molar-refractivity contribution in [2.75, 3.05) is 20.3 Å². The van der Waals surface area contributed by atoms with Gasteiger partial charge in [-0.15, -0.1) is 0 Å². The largest absolute Gasteiger partial charge is 0.462 e. The van der Waals surface area contributed by atoms with Gasteiger partial charge in [0.25, 0.3) is 0 Å². The van der Waals surface area contributed by atoms with E-state index in [2.05, 4.69) is 9.47 Å². The zero-order chi connectivity index (χ0) is 13.0. The molecule has 0 spiro atoms. The van der Waals surface area contributed by atoms with Crippen LogP contribution in [0.25, 0.3) is 0 Å². The molecule has 0 aromatic heterocycles. The van der Waals surface area contributed by atoms with Crippen molar-refractivity contribution in [2.24, 2.45) is 0 Å². The maximum Gasteiger partial charge on any atom is 0.462 e. The van der Waals surface area contributed by atoms with Crippen LogP contribution in [0.4, 0.5) is 30.7 Å². The second kappa shape index (κ2) is 5.17. The second-order valence-electron chi connectivity index (χ2n) is 2.78. The summed E-state index contributed by atoms with van der Waals surface area (Å²) in [5, 5.41) is 0. The van der Waals surface area contributed by atoms with Crippen molar-refractivity contribution >= 4 is 0 Å². The first-order valence-electron chi connectivity index (χ1n) is 4.01. The molecule has 0 saturated carbocycles. The van der Waals surface area contributed by atoms with Gasteiger partial charge in [0.2, 0.25) is 0 Å². The van der Waals surface area contributed by atoms with E-state index in [-0.39, 0.29) is 13.0 Å². The number of hydrogen-bond acceptors (Lipinski definition) is 2.